The summed E-state index contributed by atoms with van der Waals surface area (Å²) in [5.41, 5.74) is 2.97. The molecule has 5 heteroatoms. The van der Waals surface area contributed by atoms with E-state index in [2.05, 4.69) is 13.8 Å². The van der Waals surface area contributed by atoms with Gasteiger partial charge in [-0.15, -0.1) is 0 Å². The third kappa shape index (κ3) is 21.4. The van der Waals surface area contributed by atoms with Crippen molar-refractivity contribution in [1.29, 1.82) is 0 Å². The van der Waals surface area contributed by atoms with Crippen LogP contribution in [-0.2, 0) is 32.3 Å². The van der Waals surface area contributed by atoms with Crippen LogP contribution in [-0.4, -0.2) is 11.9 Å². The Morgan fingerprint density at radius 3 is 0.927 bits per heavy atom. The van der Waals surface area contributed by atoms with Crippen molar-refractivity contribution in [3.05, 3.63) is 70.8 Å². The monoisotopic (exact) mass is 614 g/mol. The van der Waals surface area contributed by atoms with Gasteiger partial charge < -0.3 is 19.8 Å². The van der Waals surface area contributed by atoms with Gasteiger partial charge in [0.15, 0.2) is 0 Å². The van der Waals surface area contributed by atoms with Gasteiger partial charge in [-0.1, -0.05) is 165 Å². The van der Waals surface area contributed by atoms with Gasteiger partial charge in [0, 0.05) is 0 Å². The van der Waals surface area contributed by atoms with Crippen molar-refractivity contribution in [1.82, 2.24) is 0 Å². The molecule has 0 bridgehead atoms. The van der Waals surface area contributed by atoms with E-state index < -0.39 is 11.9 Å². The molecule has 0 aromatic heterocycles. The number of aryl methyl sites for hydroxylation is 2. The maximum absolute atomic E-state index is 10.6. The van der Waals surface area contributed by atoms with E-state index in [1.807, 2.05) is 24.3 Å². The second kappa shape index (κ2) is 26.9. The van der Waals surface area contributed by atoms with Crippen molar-refractivity contribution in [2.45, 2.75) is 142 Å². The molecule has 0 aliphatic rings. The third-order valence-corrected chi connectivity index (χ3v) is 7.52. The van der Waals surface area contributed by atoms with Crippen LogP contribution in [0.15, 0.2) is 48.5 Å². The van der Waals surface area contributed by atoms with Crippen LogP contribution in [0.1, 0.15) is 161 Å². The molecule has 0 N–H and O–H groups in total. The number of benzene rings is 2. The minimum atomic E-state index is -1.10. The summed E-state index contributed by atoms with van der Waals surface area (Å²) >= 11 is 0. The summed E-state index contributed by atoms with van der Waals surface area (Å²) in [7, 11) is 0. The Balaban J connectivity index is 0.000000762. The fraction of sp³-hybridized carbons (Fsp3) is 0.611. The topological polar surface area (TPSA) is 80.3 Å². The van der Waals surface area contributed by atoms with Gasteiger partial charge in [0.25, 0.3) is 0 Å². The Bertz CT molecular complexity index is 817. The van der Waals surface area contributed by atoms with Gasteiger partial charge >= 0.3 is 19.5 Å². The van der Waals surface area contributed by atoms with E-state index in [-0.39, 0.29) is 30.6 Å². The van der Waals surface area contributed by atoms with Gasteiger partial charge in [-0.3, -0.25) is 0 Å². The van der Waals surface area contributed by atoms with Gasteiger partial charge in [0.1, 0.15) is 0 Å². The first-order valence-corrected chi connectivity index (χ1v) is 16.1. The quantitative estimate of drug-likeness (QED) is 0.0986. The van der Waals surface area contributed by atoms with Crippen molar-refractivity contribution in [3.8, 4) is 0 Å². The molecule has 0 aliphatic carbocycles. The number of carboxylic acid groups (broad SMARTS) is 2. The largest absolute Gasteiger partial charge is 2.00 e. The molecule has 0 saturated heterocycles. The van der Waals surface area contributed by atoms with Crippen LogP contribution in [0.25, 0.3) is 0 Å². The van der Waals surface area contributed by atoms with Crippen LogP contribution in [0.4, 0.5) is 0 Å². The van der Waals surface area contributed by atoms with Crippen LogP contribution in [0, 0.1) is 0 Å². The van der Waals surface area contributed by atoms with Crippen LogP contribution in [0.2, 0.25) is 0 Å². The zero-order valence-corrected chi connectivity index (χ0v) is 29.1. The molecule has 0 fully saturated rings. The number of rotatable bonds is 22. The molecular formula is C36H54O4Zn. The molecule has 2 rings (SSSR count). The normalized spacial score (nSPS) is 10.4. The Labute approximate surface area is 263 Å². The summed E-state index contributed by atoms with van der Waals surface area (Å²) in [6, 6.07) is 14.1. The predicted molar refractivity (Wildman–Crippen MR) is 163 cm³/mol. The molecule has 0 amide bonds. The number of hydrogen-bond acceptors (Lipinski definition) is 4. The number of carboxylic acids is 2. The van der Waals surface area contributed by atoms with Crippen molar-refractivity contribution in [2.24, 2.45) is 0 Å². The van der Waals surface area contributed by atoms with Crippen molar-refractivity contribution in [3.63, 3.8) is 0 Å². The van der Waals surface area contributed by atoms with E-state index in [1.165, 1.54) is 127 Å². The maximum Gasteiger partial charge on any atom is 2.00 e. The first-order valence-electron chi connectivity index (χ1n) is 16.1. The average molecular weight is 616 g/mol. The number of aromatic carboxylic acids is 2. The molecule has 224 valence electrons. The van der Waals surface area contributed by atoms with E-state index >= 15 is 0 Å². The van der Waals surface area contributed by atoms with Crippen molar-refractivity contribution < 1.29 is 39.3 Å². The molecule has 0 spiro atoms. The molecule has 2 aromatic rings. The van der Waals surface area contributed by atoms with Crippen molar-refractivity contribution >= 4 is 11.9 Å². The van der Waals surface area contributed by atoms with E-state index in [1.54, 1.807) is 24.3 Å². The zero-order chi connectivity index (χ0) is 29.3. The minimum Gasteiger partial charge on any atom is -0.545 e. The number of unbranched alkanes of at least 4 members (excludes halogenated alkanes) is 16. The summed E-state index contributed by atoms with van der Waals surface area (Å²) in [4.78, 5) is 21.3. The van der Waals surface area contributed by atoms with Gasteiger partial charge in [-0.2, -0.15) is 0 Å². The summed E-state index contributed by atoms with van der Waals surface area (Å²) < 4.78 is 0. The van der Waals surface area contributed by atoms with E-state index in [4.69, 9.17) is 0 Å². The predicted octanol–water partition coefficient (Wildman–Crippen LogP) is 8.24. The standard InChI is InChI=1S/2C18H28O2.Zn/c2*1-2-3-4-5-6-7-8-9-10-11-16-12-14-17(15-13-16)18(19)20;/h2*12-15H,2-11H2,1H3,(H,19,20);/q;;+2/p-2. The third-order valence-electron chi connectivity index (χ3n) is 7.52. The van der Waals surface area contributed by atoms with E-state index in [9.17, 15) is 19.8 Å². The molecule has 4 nitrogen and oxygen atoms in total. The summed E-state index contributed by atoms with van der Waals surface area (Å²) in [6.45, 7) is 4.50. The second-order valence-corrected chi connectivity index (χ2v) is 11.1. The summed E-state index contributed by atoms with van der Waals surface area (Å²) in [5, 5.41) is 21.3. The van der Waals surface area contributed by atoms with Crippen LogP contribution in [0.5, 0.6) is 0 Å². The molecule has 0 aliphatic heterocycles. The zero-order valence-electron chi connectivity index (χ0n) is 26.1. The molecule has 0 atom stereocenters. The van der Waals surface area contributed by atoms with E-state index in [0.717, 1.165) is 12.8 Å². The Morgan fingerprint density at radius 2 is 0.683 bits per heavy atom. The fourth-order valence-corrected chi connectivity index (χ4v) is 4.89. The molecular weight excluding hydrogens is 562 g/mol. The average Bonchev–Trinajstić information content (AvgIpc) is 2.96. The van der Waals surface area contributed by atoms with Gasteiger partial charge in [-0.05, 0) is 47.9 Å². The van der Waals surface area contributed by atoms with E-state index in [0.29, 0.717) is 0 Å². The number of carbonyl (C=O) groups excluding carboxylic acids is 2. The first kappa shape index (κ1) is 39.0. The summed E-state index contributed by atoms with van der Waals surface area (Å²) in [6.07, 6.45) is 26.1. The molecule has 0 unspecified atom stereocenters. The maximum atomic E-state index is 10.6. The SMILES string of the molecule is CCCCCCCCCCCc1ccc(C(=O)[O-])cc1.CCCCCCCCCCCc1ccc(C(=O)[O-])cc1.[Zn+2]. The Kier molecular flexibility index (Phi) is 25.6. The number of hydrogen-bond donors (Lipinski definition) is 0. The van der Waals surface area contributed by atoms with Gasteiger partial charge in [-0.25, -0.2) is 0 Å². The smallest absolute Gasteiger partial charge is 0.545 e. The van der Waals surface area contributed by atoms with Crippen molar-refractivity contribution in [2.75, 3.05) is 0 Å². The molecule has 41 heavy (non-hydrogen) atoms. The second-order valence-electron chi connectivity index (χ2n) is 11.1. The minimum absolute atomic E-state index is 0. The molecule has 2 aromatic carbocycles. The van der Waals surface area contributed by atoms with Crippen LogP contribution >= 0.6 is 0 Å². The summed E-state index contributed by atoms with van der Waals surface area (Å²) in [5.74, 6) is -2.20. The molecule has 0 saturated carbocycles. The Hall–Kier alpha value is -2.00. The van der Waals surface area contributed by atoms with Gasteiger partial charge in [0.2, 0.25) is 0 Å². The van der Waals surface area contributed by atoms with Gasteiger partial charge in [0.05, 0.1) is 11.9 Å². The number of carbonyl (C=O) groups is 2. The Morgan fingerprint density at radius 1 is 0.439 bits per heavy atom. The fourth-order valence-electron chi connectivity index (χ4n) is 4.89. The van der Waals surface area contributed by atoms with Crippen LogP contribution < -0.4 is 10.2 Å². The van der Waals surface area contributed by atoms with Crippen LogP contribution in [0.3, 0.4) is 0 Å². The first-order chi connectivity index (χ1) is 19.5. The molecule has 0 heterocycles. The molecule has 0 radical (unpaired) electrons.